The molecule has 1 heterocycles. The summed E-state index contributed by atoms with van der Waals surface area (Å²) in [5.74, 6) is -1.03. The molecule has 0 aromatic heterocycles. The Morgan fingerprint density at radius 2 is 2.00 bits per heavy atom. The number of benzene rings is 1. The number of hydrogen-bond donors (Lipinski definition) is 1. The van der Waals surface area contributed by atoms with Gasteiger partial charge in [0, 0.05) is 0 Å². The molecule has 0 fully saturated rings. The highest BCUT2D eigenvalue weighted by atomic mass is 35.5. The SMILES string of the molecule is O=S1(=O)N=C(Cl)Nc2ccc(Cl)c(F)c21. The minimum Gasteiger partial charge on any atom is -0.329 e. The molecular weight excluding hydrogens is 266 g/mol. The molecule has 0 saturated heterocycles. The lowest BCUT2D eigenvalue weighted by Crippen LogP contribution is -2.18. The van der Waals surface area contributed by atoms with Gasteiger partial charge in [-0.25, -0.2) is 4.39 Å². The van der Waals surface area contributed by atoms with E-state index in [9.17, 15) is 12.8 Å². The number of anilines is 1. The monoisotopic (exact) mass is 268 g/mol. The average molecular weight is 269 g/mol. The van der Waals surface area contributed by atoms with Gasteiger partial charge in [-0.05, 0) is 23.7 Å². The van der Waals surface area contributed by atoms with Crippen LogP contribution in [0.1, 0.15) is 0 Å². The highest BCUT2D eigenvalue weighted by Crippen LogP contribution is 2.33. The zero-order chi connectivity index (χ0) is 11.2. The van der Waals surface area contributed by atoms with Crippen molar-refractivity contribution in [2.75, 3.05) is 5.32 Å². The first-order chi connectivity index (χ1) is 6.92. The maximum Gasteiger partial charge on any atom is 0.290 e. The molecular formula is C7H3Cl2FN2O2S. The lowest BCUT2D eigenvalue weighted by Gasteiger charge is -2.15. The normalized spacial score (nSPS) is 17.7. The van der Waals surface area contributed by atoms with Gasteiger partial charge in [0.15, 0.2) is 5.82 Å². The number of fused-ring (bicyclic) bond motifs is 1. The Kier molecular flexibility index (Phi) is 2.37. The van der Waals surface area contributed by atoms with Crippen LogP contribution in [0.2, 0.25) is 5.02 Å². The summed E-state index contributed by atoms with van der Waals surface area (Å²) < 4.78 is 39.4. The van der Waals surface area contributed by atoms with Gasteiger partial charge in [0.25, 0.3) is 10.0 Å². The summed E-state index contributed by atoms with van der Waals surface area (Å²) in [4.78, 5) is -0.584. The Morgan fingerprint density at radius 3 is 2.67 bits per heavy atom. The number of amidine groups is 1. The van der Waals surface area contributed by atoms with Gasteiger partial charge in [-0.15, -0.1) is 4.40 Å². The topological polar surface area (TPSA) is 58.5 Å². The summed E-state index contributed by atoms with van der Waals surface area (Å²) in [6, 6.07) is 2.54. The summed E-state index contributed by atoms with van der Waals surface area (Å²) in [6.07, 6.45) is 0. The molecule has 0 unspecified atom stereocenters. The quantitative estimate of drug-likeness (QED) is 0.734. The van der Waals surface area contributed by atoms with Crippen molar-refractivity contribution in [1.29, 1.82) is 0 Å². The van der Waals surface area contributed by atoms with Gasteiger partial charge >= 0.3 is 0 Å². The second-order valence-electron chi connectivity index (χ2n) is 2.72. The van der Waals surface area contributed by atoms with Gasteiger partial charge in [0.1, 0.15) is 4.90 Å². The van der Waals surface area contributed by atoms with Crippen LogP contribution in [-0.4, -0.2) is 13.7 Å². The van der Waals surface area contributed by atoms with E-state index in [1.807, 2.05) is 0 Å². The number of sulfonamides is 1. The van der Waals surface area contributed by atoms with E-state index >= 15 is 0 Å². The van der Waals surface area contributed by atoms with Crippen LogP contribution in [0.3, 0.4) is 0 Å². The number of halogens is 3. The number of hydrogen-bond acceptors (Lipinski definition) is 3. The smallest absolute Gasteiger partial charge is 0.290 e. The summed E-state index contributed by atoms with van der Waals surface area (Å²) in [5.41, 5.74) is 0.0249. The lowest BCUT2D eigenvalue weighted by molar-refractivity contribution is 0.569. The maximum absolute atomic E-state index is 13.4. The largest absolute Gasteiger partial charge is 0.329 e. The van der Waals surface area contributed by atoms with Crippen LogP contribution in [0, 0.1) is 5.82 Å². The van der Waals surface area contributed by atoms with Gasteiger partial charge in [-0.2, -0.15) is 8.42 Å². The highest BCUT2D eigenvalue weighted by molar-refractivity contribution is 7.90. The standard InChI is InChI=1S/C7H3Cl2FN2O2S/c8-3-1-2-4-6(5(3)10)15(13,14)12-7(9)11-4/h1-2H,(H,11,12). The van der Waals surface area contributed by atoms with Crippen molar-refractivity contribution in [3.8, 4) is 0 Å². The molecule has 0 radical (unpaired) electrons. The Balaban J connectivity index is 2.82. The van der Waals surface area contributed by atoms with Crippen LogP contribution in [0.15, 0.2) is 21.4 Å². The average Bonchev–Trinajstić information content (AvgIpc) is 2.08. The van der Waals surface area contributed by atoms with E-state index in [2.05, 4.69) is 9.71 Å². The van der Waals surface area contributed by atoms with E-state index in [1.54, 1.807) is 0 Å². The number of nitrogens with zero attached hydrogens (tertiary/aromatic N) is 1. The molecule has 0 spiro atoms. The predicted octanol–water partition coefficient (Wildman–Crippen LogP) is 2.19. The molecule has 4 nitrogen and oxygen atoms in total. The second-order valence-corrected chi connectivity index (χ2v) is 5.03. The third-order valence-corrected chi connectivity index (χ3v) is 3.66. The van der Waals surface area contributed by atoms with Crippen molar-refractivity contribution >= 4 is 44.2 Å². The lowest BCUT2D eigenvalue weighted by atomic mass is 10.3. The second kappa shape index (κ2) is 3.33. The van der Waals surface area contributed by atoms with Crippen LogP contribution < -0.4 is 5.32 Å². The zero-order valence-corrected chi connectivity index (χ0v) is 9.29. The third kappa shape index (κ3) is 1.68. The summed E-state index contributed by atoms with van der Waals surface area (Å²) in [6.45, 7) is 0. The molecule has 0 atom stereocenters. The Bertz CT molecular complexity index is 571. The fourth-order valence-corrected chi connectivity index (χ4v) is 2.84. The highest BCUT2D eigenvalue weighted by Gasteiger charge is 2.29. The summed E-state index contributed by atoms with van der Waals surface area (Å²) in [5, 5.41) is 1.81. The van der Waals surface area contributed by atoms with E-state index in [1.165, 1.54) is 12.1 Å². The molecule has 0 aliphatic carbocycles. The fraction of sp³-hybridized carbons (Fsp3) is 0. The van der Waals surface area contributed by atoms with Gasteiger partial charge in [0.2, 0.25) is 5.29 Å². The van der Waals surface area contributed by atoms with Crippen LogP contribution in [0.25, 0.3) is 0 Å². The summed E-state index contributed by atoms with van der Waals surface area (Å²) in [7, 11) is -4.11. The van der Waals surface area contributed by atoms with Crippen LogP contribution in [0.4, 0.5) is 10.1 Å². The first-order valence-corrected chi connectivity index (χ1v) is 5.87. The fourth-order valence-electron chi connectivity index (χ4n) is 1.17. The molecule has 0 bridgehead atoms. The Morgan fingerprint density at radius 1 is 1.33 bits per heavy atom. The van der Waals surface area contributed by atoms with Crippen LogP contribution in [-0.2, 0) is 10.0 Å². The van der Waals surface area contributed by atoms with Crippen molar-refractivity contribution < 1.29 is 12.8 Å². The van der Waals surface area contributed by atoms with Crippen LogP contribution >= 0.6 is 23.2 Å². The van der Waals surface area contributed by atoms with Gasteiger partial charge in [-0.1, -0.05) is 11.6 Å². The maximum atomic E-state index is 13.4. The van der Waals surface area contributed by atoms with E-state index in [4.69, 9.17) is 23.2 Å². The van der Waals surface area contributed by atoms with E-state index in [0.717, 1.165) is 0 Å². The van der Waals surface area contributed by atoms with E-state index in [-0.39, 0.29) is 16.0 Å². The molecule has 80 valence electrons. The molecule has 15 heavy (non-hydrogen) atoms. The molecule has 8 heteroatoms. The third-order valence-electron chi connectivity index (χ3n) is 1.75. The van der Waals surface area contributed by atoms with Crippen molar-refractivity contribution in [2.24, 2.45) is 4.40 Å². The van der Waals surface area contributed by atoms with Gasteiger partial charge < -0.3 is 5.32 Å². The molecule has 1 aliphatic rings. The minimum absolute atomic E-state index is 0.0249. The predicted molar refractivity (Wildman–Crippen MR) is 55.5 cm³/mol. The molecule has 2 rings (SSSR count). The van der Waals surface area contributed by atoms with Crippen molar-refractivity contribution in [3.63, 3.8) is 0 Å². The minimum atomic E-state index is -4.11. The van der Waals surface area contributed by atoms with Gasteiger partial charge in [-0.3, -0.25) is 0 Å². The molecule has 0 amide bonds. The Hall–Kier alpha value is -0.850. The first kappa shape index (κ1) is 10.7. The number of nitrogens with one attached hydrogen (secondary N) is 1. The molecule has 1 N–H and O–H groups in total. The number of rotatable bonds is 0. The summed E-state index contributed by atoms with van der Waals surface area (Å²) >= 11 is 10.9. The zero-order valence-electron chi connectivity index (χ0n) is 6.96. The van der Waals surface area contributed by atoms with Crippen LogP contribution in [0.5, 0.6) is 0 Å². The first-order valence-electron chi connectivity index (χ1n) is 3.67. The molecule has 1 aromatic rings. The Labute approximate surface area is 94.8 Å². The van der Waals surface area contributed by atoms with Crippen molar-refractivity contribution in [3.05, 3.63) is 23.0 Å². The molecule has 1 aliphatic heterocycles. The van der Waals surface area contributed by atoms with Crippen molar-refractivity contribution in [2.45, 2.75) is 4.90 Å². The van der Waals surface area contributed by atoms with Gasteiger partial charge in [0.05, 0.1) is 10.7 Å². The van der Waals surface area contributed by atoms with E-state index in [0.29, 0.717) is 0 Å². The van der Waals surface area contributed by atoms with Crippen molar-refractivity contribution in [1.82, 2.24) is 0 Å². The molecule has 0 saturated carbocycles. The molecule has 1 aromatic carbocycles. The van der Waals surface area contributed by atoms with E-state index < -0.39 is 20.7 Å².